The maximum Gasteiger partial charge on any atom is 0.0726 e. The molecule has 128 valence electrons. The maximum atomic E-state index is 4.67. The van der Waals surface area contributed by atoms with Gasteiger partial charge in [-0.1, -0.05) is 30.4 Å². The monoisotopic (exact) mass is 339 g/mol. The van der Waals surface area contributed by atoms with Gasteiger partial charge in [-0.15, -0.1) is 0 Å². The molecule has 0 amide bonds. The van der Waals surface area contributed by atoms with E-state index < -0.39 is 0 Å². The van der Waals surface area contributed by atoms with E-state index in [1.165, 1.54) is 33.4 Å². The molecule has 0 aliphatic carbocycles. The predicted molar refractivity (Wildman–Crippen MR) is 109 cm³/mol. The number of anilines is 2. The molecule has 0 saturated carbocycles. The molecule has 2 aromatic heterocycles. The van der Waals surface area contributed by atoms with Crippen LogP contribution in [0.3, 0.4) is 0 Å². The molecule has 3 nitrogen and oxygen atoms in total. The number of hydrogen-bond acceptors (Lipinski definition) is 2. The molecule has 0 bridgehead atoms. The third kappa shape index (κ3) is 2.31. The number of pyridine rings is 1. The summed E-state index contributed by atoms with van der Waals surface area (Å²) in [6, 6.07) is 19.6. The molecule has 4 aromatic rings. The molecule has 0 spiro atoms. The van der Waals surface area contributed by atoms with E-state index in [-0.39, 0.29) is 0 Å². The Morgan fingerprint density at radius 2 is 1.88 bits per heavy atom. The van der Waals surface area contributed by atoms with E-state index in [0.717, 1.165) is 24.2 Å². The summed E-state index contributed by atoms with van der Waals surface area (Å²) in [6.45, 7) is 3.03. The lowest BCUT2D eigenvalue weighted by atomic mass is 10.1. The Labute approximate surface area is 153 Å². The van der Waals surface area contributed by atoms with E-state index in [1.54, 1.807) is 0 Å². The number of aromatic nitrogens is 2. The molecular formula is C23H21N3. The Morgan fingerprint density at radius 1 is 1.00 bits per heavy atom. The van der Waals surface area contributed by atoms with Crippen molar-refractivity contribution in [3.8, 4) is 0 Å². The topological polar surface area (TPSA) is 21.1 Å². The summed E-state index contributed by atoms with van der Waals surface area (Å²) in [5.74, 6) is 0. The number of hydrogen-bond donors (Lipinski definition) is 0. The van der Waals surface area contributed by atoms with Gasteiger partial charge in [-0.2, -0.15) is 0 Å². The first kappa shape index (κ1) is 15.2. The van der Waals surface area contributed by atoms with Crippen LogP contribution in [-0.4, -0.2) is 16.6 Å². The van der Waals surface area contributed by atoms with Gasteiger partial charge < -0.3 is 9.47 Å². The summed E-state index contributed by atoms with van der Waals surface area (Å²) < 4.78 is 2.41. The van der Waals surface area contributed by atoms with E-state index in [1.807, 2.05) is 6.07 Å². The molecule has 3 heteroatoms. The van der Waals surface area contributed by atoms with Crippen molar-refractivity contribution in [2.45, 2.75) is 19.9 Å². The van der Waals surface area contributed by atoms with Gasteiger partial charge in [-0.05, 0) is 43.3 Å². The van der Waals surface area contributed by atoms with Crippen molar-refractivity contribution in [1.29, 1.82) is 0 Å². The van der Waals surface area contributed by atoms with Crippen molar-refractivity contribution in [2.75, 3.05) is 11.9 Å². The van der Waals surface area contributed by atoms with Crippen molar-refractivity contribution >= 4 is 33.2 Å². The van der Waals surface area contributed by atoms with Crippen molar-refractivity contribution in [3.63, 3.8) is 0 Å². The van der Waals surface area contributed by atoms with Crippen LogP contribution in [0.1, 0.15) is 11.4 Å². The second-order valence-electron chi connectivity index (χ2n) is 7.02. The Kier molecular flexibility index (Phi) is 3.35. The standard InChI is InChI=1S/C23H21N3/c1-16-13-23(20-8-3-4-9-21(20)24-16)25(2)18-10-11-22-17(14-18)15-19-7-5-6-12-26(19)22/h3-6,8-11,13-15H,7,12H2,1-2H3. The van der Waals surface area contributed by atoms with Crippen LogP contribution < -0.4 is 4.90 Å². The lowest BCUT2D eigenvalue weighted by molar-refractivity contribution is 0.782. The maximum absolute atomic E-state index is 4.67. The lowest BCUT2D eigenvalue weighted by Gasteiger charge is -2.22. The average Bonchev–Trinajstić information content (AvgIpc) is 3.04. The van der Waals surface area contributed by atoms with Crippen molar-refractivity contribution in [2.24, 2.45) is 0 Å². The molecule has 2 aromatic carbocycles. The van der Waals surface area contributed by atoms with Crippen molar-refractivity contribution in [3.05, 3.63) is 78.1 Å². The lowest BCUT2D eigenvalue weighted by Crippen LogP contribution is -2.10. The quantitative estimate of drug-likeness (QED) is 0.457. The highest BCUT2D eigenvalue weighted by Gasteiger charge is 2.14. The summed E-state index contributed by atoms with van der Waals surface area (Å²) in [5, 5.41) is 2.49. The highest BCUT2D eigenvalue weighted by molar-refractivity contribution is 5.95. The Morgan fingerprint density at radius 3 is 2.81 bits per heavy atom. The number of allylic oxidation sites excluding steroid dienone is 2. The molecule has 3 heterocycles. The van der Waals surface area contributed by atoms with E-state index in [4.69, 9.17) is 0 Å². The number of benzene rings is 2. The summed E-state index contributed by atoms with van der Waals surface area (Å²) in [5.41, 5.74) is 7.19. The Bertz CT molecular complexity index is 1170. The van der Waals surface area contributed by atoms with Crippen LogP contribution in [0.15, 0.2) is 66.7 Å². The van der Waals surface area contributed by atoms with Gasteiger partial charge in [0.05, 0.1) is 11.2 Å². The smallest absolute Gasteiger partial charge is 0.0726 e. The highest BCUT2D eigenvalue weighted by atomic mass is 15.1. The van der Waals surface area contributed by atoms with Gasteiger partial charge in [0.1, 0.15) is 0 Å². The fourth-order valence-corrected chi connectivity index (χ4v) is 4.00. The fourth-order valence-electron chi connectivity index (χ4n) is 4.00. The Balaban J connectivity index is 1.64. The Hall–Kier alpha value is -3.07. The second-order valence-corrected chi connectivity index (χ2v) is 7.02. The van der Waals surface area contributed by atoms with Gasteiger partial charge in [-0.3, -0.25) is 4.98 Å². The number of rotatable bonds is 2. The summed E-state index contributed by atoms with van der Waals surface area (Å²) in [7, 11) is 2.14. The molecule has 0 saturated heterocycles. The molecular weight excluding hydrogens is 318 g/mol. The summed E-state index contributed by atoms with van der Waals surface area (Å²) >= 11 is 0. The van der Waals surface area contributed by atoms with Gasteiger partial charge in [0.15, 0.2) is 0 Å². The van der Waals surface area contributed by atoms with Crippen molar-refractivity contribution < 1.29 is 0 Å². The van der Waals surface area contributed by atoms with Gasteiger partial charge in [-0.25, -0.2) is 0 Å². The zero-order valence-corrected chi connectivity index (χ0v) is 15.1. The van der Waals surface area contributed by atoms with Gasteiger partial charge in [0.25, 0.3) is 0 Å². The first-order valence-electron chi connectivity index (χ1n) is 9.08. The van der Waals surface area contributed by atoms with E-state index in [9.17, 15) is 0 Å². The number of fused-ring (bicyclic) bond motifs is 4. The first-order valence-corrected chi connectivity index (χ1v) is 9.08. The van der Waals surface area contributed by atoms with E-state index >= 15 is 0 Å². The average molecular weight is 339 g/mol. The van der Waals surface area contributed by atoms with Crippen LogP contribution in [0, 0.1) is 6.92 Å². The molecule has 1 aliphatic heterocycles. The fraction of sp³-hybridized carbons (Fsp3) is 0.174. The predicted octanol–water partition coefficient (Wildman–Crippen LogP) is 5.38. The third-order valence-corrected chi connectivity index (χ3v) is 5.32. The van der Waals surface area contributed by atoms with Crippen molar-refractivity contribution in [1.82, 2.24) is 9.55 Å². The third-order valence-electron chi connectivity index (χ3n) is 5.32. The second kappa shape index (κ2) is 5.73. The van der Waals surface area contributed by atoms with Gasteiger partial charge in [0, 0.05) is 53.4 Å². The van der Waals surface area contributed by atoms with Crippen LogP contribution >= 0.6 is 0 Å². The molecule has 0 fully saturated rings. The van der Waals surface area contributed by atoms with Crippen LogP contribution in [0.25, 0.3) is 21.8 Å². The highest BCUT2D eigenvalue weighted by Crippen LogP contribution is 2.33. The molecule has 5 rings (SSSR count). The van der Waals surface area contributed by atoms with Crippen LogP contribution in [0.5, 0.6) is 0 Å². The van der Waals surface area contributed by atoms with Crippen LogP contribution in [0.4, 0.5) is 11.4 Å². The first-order chi connectivity index (χ1) is 12.7. The number of para-hydroxylation sites is 1. The number of aryl methyl sites for hydroxylation is 1. The minimum atomic E-state index is 0.974. The molecule has 0 N–H and O–H groups in total. The van der Waals surface area contributed by atoms with Crippen LogP contribution in [-0.2, 0) is 13.0 Å². The molecule has 1 aliphatic rings. The molecule has 0 atom stereocenters. The zero-order chi connectivity index (χ0) is 17.7. The molecule has 26 heavy (non-hydrogen) atoms. The largest absolute Gasteiger partial charge is 0.344 e. The molecule has 0 radical (unpaired) electrons. The van der Waals surface area contributed by atoms with E-state index in [2.05, 4.69) is 89.1 Å². The van der Waals surface area contributed by atoms with Gasteiger partial charge in [0.2, 0.25) is 0 Å². The summed E-state index contributed by atoms with van der Waals surface area (Å²) in [6.07, 6.45) is 5.53. The van der Waals surface area contributed by atoms with E-state index in [0.29, 0.717) is 0 Å². The normalized spacial score (nSPS) is 13.3. The minimum absolute atomic E-state index is 0.974. The number of nitrogens with zero attached hydrogens (tertiary/aromatic N) is 3. The SMILES string of the molecule is Cc1cc(N(C)c2ccc3c(c2)cc2n3CC=CC2)c2ccccc2n1. The molecule has 0 unspecified atom stereocenters. The minimum Gasteiger partial charge on any atom is -0.344 e. The van der Waals surface area contributed by atoms with Gasteiger partial charge >= 0.3 is 0 Å². The van der Waals surface area contributed by atoms with Crippen LogP contribution in [0.2, 0.25) is 0 Å². The zero-order valence-electron chi connectivity index (χ0n) is 15.1. The summed E-state index contributed by atoms with van der Waals surface area (Å²) in [4.78, 5) is 6.94.